The molecule has 0 saturated heterocycles. The number of ether oxygens (including phenoxy) is 1. The Morgan fingerprint density at radius 3 is 2.55 bits per heavy atom. The van der Waals surface area contributed by atoms with Crippen molar-refractivity contribution < 1.29 is 19.1 Å². The number of fused-ring (bicyclic) bond motifs is 1. The lowest BCUT2D eigenvalue weighted by molar-refractivity contribution is -0.121. The Balaban J connectivity index is 1.69. The van der Waals surface area contributed by atoms with E-state index in [4.69, 9.17) is 9.15 Å². The number of carbonyl (C=O) groups excluding carboxylic acids is 1. The summed E-state index contributed by atoms with van der Waals surface area (Å²) in [4.78, 5) is 24.7. The van der Waals surface area contributed by atoms with Gasteiger partial charge >= 0.3 is 5.63 Å². The number of aryl methyl sites for hydroxylation is 2. The van der Waals surface area contributed by atoms with Crippen molar-refractivity contribution in [2.24, 2.45) is 0 Å². The van der Waals surface area contributed by atoms with Gasteiger partial charge in [-0.05, 0) is 43.5 Å². The molecule has 0 fully saturated rings. The lowest BCUT2D eigenvalue weighted by Crippen LogP contribution is -2.29. The van der Waals surface area contributed by atoms with E-state index in [2.05, 4.69) is 5.32 Å². The standard InChI is InChI=1S/C23H25NO5/c1-14-17-9-11-20(28-3)15(2)22(17)29-23(27)18(14)10-12-21(26)24-13-19(25)16-7-5-4-6-8-16/h4-9,11,19,25H,10,12-13H2,1-3H3,(H,24,26)/t19-/m1/s1. The van der Waals surface area contributed by atoms with Crippen LogP contribution in [0.1, 0.15) is 34.8 Å². The van der Waals surface area contributed by atoms with Crippen LogP contribution in [0.2, 0.25) is 0 Å². The van der Waals surface area contributed by atoms with Gasteiger partial charge in [-0.3, -0.25) is 4.79 Å². The average molecular weight is 395 g/mol. The van der Waals surface area contributed by atoms with Crippen LogP contribution >= 0.6 is 0 Å². The van der Waals surface area contributed by atoms with Gasteiger partial charge in [-0.15, -0.1) is 0 Å². The van der Waals surface area contributed by atoms with Crippen molar-refractivity contribution in [3.05, 3.63) is 75.1 Å². The molecule has 6 nitrogen and oxygen atoms in total. The molecule has 0 bridgehead atoms. The molecular weight excluding hydrogens is 370 g/mol. The molecule has 0 radical (unpaired) electrons. The third-order valence-corrected chi connectivity index (χ3v) is 5.15. The van der Waals surface area contributed by atoms with Crippen LogP contribution in [-0.2, 0) is 11.2 Å². The summed E-state index contributed by atoms with van der Waals surface area (Å²) in [6.07, 6.45) is -0.374. The van der Waals surface area contributed by atoms with E-state index in [1.54, 1.807) is 19.2 Å². The predicted molar refractivity (Wildman–Crippen MR) is 111 cm³/mol. The number of methoxy groups -OCH3 is 1. The minimum absolute atomic E-state index is 0.118. The number of hydrogen-bond donors (Lipinski definition) is 2. The fraction of sp³-hybridized carbons (Fsp3) is 0.304. The van der Waals surface area contributed by atoms with Crippen LogP contribution in [0, 0.1) is 13.8 Å². The van der Waals surface area contributed by atoms with Crippen molar-refractivity contribution in [2.75, 3.05) is 13.7 Å². The molecule has 3 rings (SSSR count). The lowest BCUT2D eigenvalue weighted by Gasteiger charge is -2.13. The molecule has 0 unspecified atom stereocenters. The second-order valence-electron chi connectivity index (χ2n) is 6.99. The minimum Gasteiger partial charge on any atom is -0.496 e. The molecule has 0 aliphatic carbocycles. The topological polar surface area (TPSA) is 88.8 Å². The van der Waals surface area contributed by atoms with Gasteiger partial charge in [0.1, 0.15) is 11.3 Å². The van der Waals surface area contributed by atoms with Gasteiger partial charge in [0.15, 0.2) is 0 Å². The van der Waals surface area contributed by atoms with Crippen LogP contribution in [-0.4, -0.2) is 24.7 Å². The highest BCUT2D eigenvalue weighted by atomic mass is 16.5. The second-order valence-corrected chi connectivity index (χ2v) is 6.99. The molecule has 1 amide bonds. The molecule has 3 aromatic rings. The molecule has 0 aliphatic heterocycles. The highest BCUT2D eigenvalue weighted by Gasteiger charge is 2.16. The summed E-state index contributed by atoms with van der Waals surface area (Å²) in [5.74, 6) is 0.425. The third-order valence-electron chi connectivity index (χ3n) is 5.15. The van der Waals surface area contributed by atoms with Crippen LogP contribution < -0.4 is 15.7 Å². The fourth-order valence-electron chi connectivity index (χ4n) is 3.41. The Labute approximate surface area is 169 Å². The van der Waals surface area contributed by atoms with Gasteiger partial charge in [0.05, 0.1) is 13.2 Å². The molecule has 0 saturated carbocycles. The summed E-state index contributed by atoms with van der Waals surface area (Å²) < 4.78 is 10.8. The summed E-state index contributed by atoms with van der Waals surface area (Å²) in [6.45, 7) is 3.82. The van der Waals surface area contributed by atoms with Crippen LogP contribution in [0.3, 0.4) is 0 Å². The number of aliphatic hydroxyl groups is 1. The molecule has 152 valence electrons. The monoisotopic (exact) mass is 395 g/mol. The van der Waals surface area contributed by atoms with Crippen LogP contribution in [0.25, 0.3) is 11.0 Å². The van der Waals surface area contributed by atoms with Gasteiger partial charge in [0.25, 0.3) is 0 Å². The summed E-state index contributed by atoms with van der Waals surface area (Å²) in [5, 5.41) is 13.7. The van der Waals surface area contributed by atoms with E-state index < -0.39 is 11.7 Å². The number of amides is 1. The van der Waals surface area contributed by atoms with E-state index in [1.807, 2.05) is 44.2 Å². The Morgan fingerprint density at radius 2 is 1.86 bits per heavy atom. The van der Waals surface area contributed by atoms with Crippen molar-refractivity contribution in [3.63, 3.8) is 0 Å². The van der Waals surface area contributed by atoms with Gasteiger partial charge < -0.3 is 19.6 Å². The van der Waals surface area contributed by atoms with Crippen molar-refractivity contribution in [2.45, 2.75) is 32.8 Å². The van der Waals surface area contributed by atoms with Gasteiger partial charge in [-0.1, -0.05) is 30.3 Å². The Hall–Kier alpha value is -3.12. The van der Waals surface area contributed by atoms with Gasteiger partial charge in [-0.2, -0.15) is 0 Å². The van der Waals surface area contributed by atoms with E-state index >= 15 is 0 Å². The first-order chi connectivity index (χ1) is 13.9. The normalized spacial score (nSPS) is 12.0. The number of nitrogens with one attached hydrogen (secondary N) is 1. The molecule has 0 spiro atoms. The molecule has 1 atom stereocenters. The van der Waals surface area contributed by atoms with E-state index in [9.17, 15) is 14.7 Å². The number of rotatable bonds is 7. The van der Waals surface area contributed by atoms with Crippen molar-refractivity contribution in [1.29, 1.82) is 0 Å². The first kappa shape index (κ1) is 20.6. The highest BCUT2D eigenvalue weighted by Crippen LogP contribution is 2.29. The summed E-state index contributed by atoms with van der Waals surface area (Å²) >= 11 is 0. The maximum Gasteiger partial charge on any atom is 0.339 e. The molecule has 2 N–H and O–H groups in total. The zero-order chi connectivity index (χ0) is 21.0. The maximum atomic E-state index is 12.5. The Kier molecular flexibility index (Phi) is 6.34. The molecular formula is C23H25NO5. The molecule has 0 aliphatic rings. The number of hydrogen-bond acceptors (Lipinski definition) is 5. The van der Waals surface area contributed by atoms with E-state index in [1.165, 1.54) is 0 Å². The summed E-state index contributed by atoms with van der Waals surface area (Å²) in [5.41, 5.74) is 2.86. The van der Waals surface area contributed by atoms with Crippen LogP contribution in [0.15, 0.2) is 51.7 Å². The van der Waals surface area contributed by atoms with Crippen LogP contribution in [0.5, 0.6) is 5.75 Å². The number of aliphatic hydroxyl groups excluding tert-OH is 1. The molecule has 6 heteroatoms. The molecule has 29 heavy (non-hydrogen) atoms. The lowest BCUT2D eigenvalue weighted by atomic mass is 10.00. The number of benzene rings is 2. The van der Waals surface area contributed by atoms with Gasteiger partial charge in [0, 0.05) is 29.5 Å². The smallest absolute Gasteiger partial charge is 0.339 e. The second kappa shape index (κ2) is 8.92. The van der Waals surface area contributed by atoms with Crippen molar-refractivity contribution in [1.82, 2.24) is 5.32 Å². The maximum absolute atomic E-state index is 12.5. The van der Waals surface area contributed by atoms with E-state index in [-0.39, 0.29) is 25.3 Å². The highest BCUT2D eigenvalue weighted by molar-refractivity contribution is 5.85. The summed E-state index contributed by atoms with van der Waals surface area (Å²) in [6, 6.07) is 12.8. The SMILES string of the molecule is COc1ccc2c(C)c(CCC(=O)NC[C@@H](O)c3ccccc3)c(=O)oc2c1C. The Morgan fingerprint density at radius 1 is 1.14 bits per heavy atom. The van der Waals surface area contributed by atoms with Gasteiger partial charge in [0.2, 0.25) is 5.91 Å². The van der Waals surface area contributed by atoms with E-state index in [0.717, 1.165) is 22.1 Å². The third kappa shape index (κ3) is 4.49. The first-order valence-corrected chi connectivity index (χ1v) is 9.52. The van der Waals surface area contributed by atoms with Gasteiger partial charge in [-0.25, -0.2) is 4.79 Å². The quantitative estimate of drug-likeness (QED) is 0.600. The van der Waals surface area contributed by atoms with Crippen molar-refractivity contribution >= 4 is 16.9 Å². The Bertz CT molecular complexity index is 1070. The zero-order valence-corrected chi connectivity index (χ0v) is 16.8. The first-order valence-electron chi connectivity index (χ1n) is 9.52. The largest absolute Gasteiger partial charge is 0.496 e. The summed E-state index contributed by atoms with van der Waals surface area (Å²) in [7, 11) is 1.57. The number of carbonyl (C=O) groups is 1. The molecule has 1 heterocycles. The van der Waals surface area contributed by atoms with Crippen molar-refractivity contribution in [3.8, 4) is 5.75 Å². The molecule has 1 aromatic heterocycles. The zero-order valence-electron chi connectivity index (χ0n) is 16.8. The average Bonchev–Trinajstić information content (AvgIpc) is 2.73. The van der Waals surface area contributed by atoms with Crippen LogP contribution in [0.4, 0.5) is 0 Å². The van der Waals surface area contributed by atoms with E-state index in [0.29, 0.717) is 16.9 Å². The molecule has 2 aromatic carbocycles. The predicted octanol–water partition coefficient (Wildman–Crippen LogP) is 3.20. The fourth-order valence-corrected chi connectivity index (χ4v) is 3.41. The minimum atomic E-state index is -0.773.